The van der Waals surface area contributed by atoms with Crippen molar-refractivity contribution in [1.29, 1.82) is 0 Å². The highest BCUT2D eigenvalue weighted by Gasteiger charge is 2.10. The average Bonchev–Trinajstić information content (AvgIpc) is 2.67. The van der Waals surface area contributed by atoms with E-state index in [0.717, 1.165) is 28.3 Å². The maximum absolute atomic E-state index is 5.38. The number of methoxy groups -OCH3 is 2. The van der Waals surface area contributed by atoms with E-state index in [-0.39, 0.29) is 0 Å². The maximum Gasteiger partial charge on any atom is 0.191 e. The molecule has 2 aromatic rings. The first kappa shape index (κ1) is 20.5. The van der Waals surface area contributed by atoms with Gasteiger partial charge in [0, 0.05) is 30.8 Å². The van der Waals surface area contributed by atoms with Gasteiger partial charge < -0.3 is 20.1 Å². The van der Waals surface area contributed by atoms with Crippen molar-refractivity contribution < 1.29 is 9.47 Å². The predicted molar refractivity (Wildman–Crippen MR) is 113 cm³/mol. The van der Waals surface area contributed by atoms with Gasteiger partial charge in [-0.25, -0.2) is 0 Å². The number of guanidine groups is 1. The van der Waals surface area contributed by atoms with E-state index in [1.807, 2.05) is 30.0 Å². The molecule has 0 bridgehead atoms. The second-order valence-electron chi connectivity index (χ2n) is 5.33. The lowest BCUT2D eigenvalue weighted by Crippen LogP contribution is -2.37. The predicted octanol–water partition coefficient (Wildman–Crippen LogP) is 3.92. The third-order valence-corrected chi connectivity index (χ3v) is 5.19. The Morgan fingerprint density at radius 3 is 2.54 bits per heavy atom. The summed E-state index contributed by atoms with van der Waals surface area (Å²) >= 11 is 5.33. The third kappa shape index (κ3) is 6.14. The van der Waals surface area contributed by atoms with Crippen LogP contribution in [-0.4, -0.2) is 39.5 Å². The van der Waals surface area contributed by atoms with Crippen LogP contribution >= 0.6 is 27.7 Å². The Labute approximate surface area is 167 Å². The van der Waals surface area contributed by atoms with Crippen molar-refractivity contribution in [2.75, 3.05) is 33.6 Å². The zero-order valence-electron chi connectivity index (χ0n) is 15.2. The van der Waals surface area contributed by atoms with Crippen LogP contribution in [0.4, 0.5) is 0 Å². The summed E-state index contributed by atoms with van der Waals surface area (Å²) in [7, 11) is 5.02. The number of halogens is 1. The highest BCUT2D eigenvalue weighted by atomic mass is 79.9. The minimum Gasteiger partial charge on any atom is -0.493 e. The van der Waals surface area contributed by atoms with E-state index < -0.39 is 0 Å². The van der Waals surface area contributed by atoms with Gasteiger partial charge in [0.1, 0.15) is 0 Å². The van der Waals surface area contributed by atoms with E-state index >= 15 is 0 Å². The third-order valence-electron chi connectivity index (χ3n) is 3.58. The maximum atomic E-state index is 5.38. The molecule has 2 N–H and O–H groups in total. The normalized spacial score (nSPS) is 11.2. The van der Waals surface area contributed by atoms with Gasteiger partial charge in [0.25, 0.3) is 0 Å². The quantitative estimate of drug-likeness (QED) is 0.283. The van der Waals surface area contributed by atoms with E-state index in [1.54, 1.807) is 21.3 Å². The van der Waals surface area contributed by atoms with Crippen LogP contribution in [0, 0.1) is 0 Å². The Morgan fingerprint density at radius 1 is 1.12 bits per heavy atom. The largest absolute Gasteiger partial charge is 0.493 e. The first-order valence-electron chi connectivity index (χ1n) is 8.20. The van der Waals surface area contributed by atoms with Crippen LogP contribution in [-0.2, 0) is 6.54 Å². The fourth-order valence-corrected chi connectivity index (χ4v) is 3.78. The fourth-order valence-electron chi connectivity index (χ4n) is 2.33. The molecule has 7 heteroatoms. The monoisotopic (exact) mass is 437 g/mol. The lowest BCUT2D eigenvalue weighted by molar-refractivity contribution is 0.352. The molecule has 0 unspecified atom stereocenters. The molecule has 2 rings (SSSR count). The summed E-state index contributed by atoms with van der Waals surface area (Å²) < 4.78 is 11.6. The van der Waals surface area contributed by atoms with Crippen LogP contribution < -0.4 is 20.1 Å². The molecule has 0 aliphatic heterocycles. The van der Waals surface area contributed by atoms with Gasteiger partial charge in [0.2, 0.25) is 0 Å². The molecule has 0 spiro atoms. The first-order valence-corrected chi connectivity index (χ1v) is 9.98. The van der Waals surface area contributed by atoms with Gasteiger partial charge in [-0.05, 0) is 45.8 Å². The summed E-state index contributed by atoms with van der Waals surface area (Å²) in [5.74, 6) is 3.12. The van der Waals surface area contributed by atoms with Crippen molar-refractivity contribution in [1.82, 2.24) is 10.6 Å². The van der Waals surface area contributed by atoms with E-state index in [1.165, 1.54) is 4.90 Å². The summed E-state index contributed by atoms with van der Waals surface area (Å²) in [6, 6.07) is 14.3. The summed E-state index contributed by atoms with van der Waals surface area (Å²) in [5, 5.41) is 6.64. The minimum atomic E-state index is 0.629. The molecule has 0 saturated carbocycles. The number of aliphatic imine (C=N–C) groups is 1. The average molecular weight is 438 g/mol. The van der Waals surface area contributed by atoms with Crippen molar-refractivity contribution >= 4 is 33.7 Å². The van der Waals surface area contributed by atoms with Gasteiger partial charge in [-0.3, -0.25) is 4.99 Å². The number of nitrogens with zero attached hydrogens (tertiary/aromatic N) is 1. The molecule has 0 aliphatic rings. The van der Waals surface area contributed by atoms with Gasteiger partial charge in [-0.1, -0.05) is 18.2 Å². The number of benzene rings is 2. The molecule has 0 aromatic heterocycles. The second-order valence-corrected chi connectivity index (χ2v) is 7.35. The zero-order chi connectivity index (χ0) is 18.8. The summed E-state index contributed by atoms with van der Waals surface area (Å²) in [4.78, 5) is 5.53. The Morgan fingerprint density at radius 2 is 1.88 bits per heavy atom. The Bertz CT molecular complexity index is 726. The minimum absolute atomic E-state index is 0.629. The number of rotatable bonds is 8. The molecule has 26 heavy (non-hydrogen) atoms. The molecule has 0 aliphatic carbocycles. The Balaban J connectivity index is 1.82. The van der Waals surface area contributed by atoms with Gasteiger partial charge in [-0.15, -0.1) is 11.8 Å². The van der Waals surface area contributed by atoms with Crippen molar-refractivity contribution in [2.24, 2.45) is 4.99 Å². The Hall–Kier alpha value is -1.86. The summed E-state index contributed by atoms with van der Waals surface area (Å²) in [6.45, 7) is 1.46. The molecule has 0 fully saturated rings. The first-order chi connectivity index (χ1) is 12.7. The Kier molecular flexibility index (Phi) is 8.64. The van der Waals surface area contributed by atoms with Gasteiger partial charge in [0.15, 0.2) is 17.5 Å². The number of hydrogen-bond donors (Lipinski definition) is 2. The van der Waals surface area contributed by atoms with Crippen LogP contribution in [0.25, 0.3) is 0 Å². The lowest BCUT2D eigenvalue weighted by atomic mass is 10.2. The highest BCUT2D eigenvalue weighted by Crippen LogP contribution is 2.36. The van der Waals surface area contributed by atoms with Crippen LogP contribution in [0.1, 0.15) is 5.56 Å². The molecule has 2 aromatic carbocycles. The van der Waals surface area contributed by atoms with E-state index in [0.29, 0.717) is 18.0 Å². The van der Waals surface area contributed by atoms with Crippen molar-refractivity contribution in [3.05, 3.63) is 52.5 Å². The van der Waals surface area contributed by atoms with E-state index in [4.69, 9.17) is 9.47 Å². The van der Waals surface area contributed by atoms with Gasteiger partial charge >= 0.3 is 0 Å². The fraction of sp³-hybridized carbons (Fsp3) is 0.316. The SMILES string of the molecule is CN=C(NCCSc1ccccc1)NCc1cc(Br)c(OC)c(OC)c1. The summed E-state index contributed by atoms with van der Waals surface area (Å²) in [5.41, 5.74) is 1.07. The molecular formula is C19H24BrN3O2S. The number of thioether (sulfide) groups is 1. The standard InChI is InChI=1S/C19H24BrN3O2S/c1-21-19(22-9-10-26-15-7-5-4-6-8-15)23-13-14-11-16(20)18(25-3)17(12-14)24-2/h4-8,11-12H,9-10,13H2,1-3H3,(H2,21,22,23). The zero-order valence-corrected chi connectivity index (χ0v) is 17.6. The second kappa shape index (κ2) is 11.0. The molecule has 0 heterocycles. The van der Waals surface area contributed by atoms with Crippen LogP contribution in [0.2, 0.25) is 0 Å². The van der Waals surface area contributed by atoms with Gasteiger partial charge in [0.05, 0.1) is 18.7 Å². The van der Waals surface area contributed by atoms with Gasteiger partial charge in [-0.2, -0.15) is 0 Å². The highest BCUT2D eigenvalue weighted by molar-refractivity contribution is 9.10. The molecule has 140 valence electrons. The topological polar surface area (TPSA) is 54.9 Å². The smallest absolute Gasteiger partial charge is 0.191 e. The van der Waals surface area contributed by atoms with Crippen LogP contribution in [0.5, 0.6) is 11.5 Å². The number of ether oxygens (including phenoxy) is 2. The molecular weight excluding hydrogens is 414 g/mol. The van der Waals surface area contributed by atoms with E-state index in [9.17, 15) is 0 Å². The number of hydrogen-bond acceptors (Lipinski definition) is 4. The van der Waals surface area contributed by atoms with Crippen LogP contribution in [0.3, 0.4) is 0 Å². The molecule has 0 radical (unpaired) electrons. The van der Waals surface area contributed by atoms with Crippen molar-refractivity contribution in [3.63, 3.8) is 0 Å². The molecule has 5 nitrogen and oxygen atoms in total. The molecule has 0 amide bonds. The lowest BCUT2D eigenvalue weighted by Gasteiger charge is -2.14. The number of nitrogens with one attached hydrogen (secondary N) is 2. The van der Waals surface area contributed by atoms with Crippen LogP contribution in [0.15, 0.2) is 56.8 Å². The summed E-state index contributed by atoms with van der Waals surface area (Å²) in [6.07, 6.45) is 0. The molecule has 0 saturated heterocycles. The van der Waals surface area contributed by atoms with Crippen molar-refractivity contribution in [3.8, 4) is 11.5 Å². The van der Waals surface area contributed by atoms with Crippen molar-refractivity contribution in [2.45, 2.75) is 11.4 Å². The molecule has 0 atom stereocenters. The van der Waals surface area contributed by atoms with E-state index in [2.05, 4.69) is 55.8 Å².